The Kier molecular flexibility index (Phi) is 5.67. The van der Waals surface area contributed by atoms with Crippen LogP contribution < -0.4 is 10.1 Å². The lowest BCUT2D eigenvalue weighted by Crippen LogP contribution is -2.35. The van der Waals surface area contributed by atoms with Crippen molar-refractivity contribution < 1.29 is 14.6 Å². The van der Waals surface area contributed by atoms with Gasteiger partial charge in [0.05, 0.1) is 0 Å². The van der Waals surface area contributed by atoms with E-state index in [1.165, 1.54) is 0 Å². The first-order chi connectivity index (χ1) is 7.72. The largest absolute Gasteiger partial charge is 0.491 e. The zero-order valence-corrected chi connectivity index (χ0v) is 9.48. The smallest absolute Gasteiger partial charge is 0.235 e. The average molecular weight is 244 g/mol. The van der Waals surface area contributed by atoms with E-state index < -0.39 is 6.10 Å². The number of carbonyl (C=O) groups excluding carboxylic acids is 1. The highest BCUT2D eigenvalue weighted by atomic mass is 35.5. The zero-order valence-electron chi connectivity index (χ0n) is 8.73. The average Bonchev–Trinajstić information content (AvgIpc) is 2.34. The summed E-state index contributed by atoms with van der Waals surface area (Å²) < 4.78 is 5.30. The van der Waals surface area contributed by atoms with E-state index in [9.17, 15) is 9.90 Å². The molecular formula is C11H14ClNO3. The lowest BCUT2D eigenvalue weighted by Gasteiger charge is -2.12. The Morgan fingerprint density at radius 3 is 2.75 bits per heavy atom. The molecule has 5 heteroatoms. The molecule has 0 fully saturated rings. The second kappa shape index (κ2) is 7.09. The molecule has 0 spiro atoms. The molecule has 1 aromatic carbocycles. The molecule has 0 aliphatic carbocycles. The van der Waals surface area contributed by atoms with Gasteiger partial charge in [0.1, 0.15) is 24.3 Å². The first kappa shape index (κ1) is 12.8. The van der Waals surface area contributed by atoms with Crippen LogP contribution in [0.25, 0.3) is 0 Å². The highest BCUT2D eigenvalue weighted by Crippen LogP contribution is 2.08. The van der Waals surface area contributed by atoms with Crippen molar-refractivity contribution in [3.8, 4) is 5.75 Å². The summed E-state index contributed by atoms with van der Waals surface area (Å²) in [5, 5.41) is 11.9. The SMILES string of the molecule is O=C(CCl)NCC(O)COc1ccccc1. The van der Waals surface area contributed by atoms with E-state index in [0.717, 1.165) is 0 Å². The van der Waals surface area contributed by atoms with Crippen LogP contribution in [0.3, 0.4) is 0 Å². The fourth-order valence-corrected chi connectivity index (χ4v) is 1.14. The number of para-hydroxylation sites is 1. The van der Waals surface area contributed by atoms with Gasteiger partial charge in [-0.25, -0.2) is 0 Å². The predicted octanol–water partition coefficient (Wildman–Crippen LogP) is 0.781. The topological polar surface area (TPSA) is 58.6 Å². The van der Waals surface area contributed by atoms with Crippen LogP contribution in [0.4, 0.5) is 0 Å². The van der Waals surface area contributed by atoms with E-state index in [2.05, 4.69) is 5.32 Å². The highest BCUT2D eigenvalue weighted by molar-refractivity contribution is 6.27. The summed E-state index contributed by atoms with van der Waals surface area (Å²) in [6, 6.07) is 9.16. The summed E-state index contributed by atoms with van der Waals surface area (Å²) in [5.74, 6) is 0.275. The normalized spacial score (nSPS) is 11.9. The van der Waals surface area contributed by atoms with Crippen molar-refractivity contribution in [2.75, 3.05) is 19.0 Å². The van der Waals surface area contributed by atoms with Crippen LogP contribution in [0.1, 0.15) is 0 Å². The number of alkyl halides is 1. The van der Waals surface area contributed by atoms with Crippen molar-refractivity contribution >= 4 is 17.5 Å². The van der Waals surface area contributed by atoms with E-state index in [0.29, 0.717) is 5.75 Å². The van der Waals surface area contributed by atoms with Gasteiger partial charge in [-0.2, -0.15) is 0 Å². The Balaban J connectivity index is 2.20. The number of aliphatic hydroxyl groups excluding tert-OH is 1. The number of halogens is 1. The molecule has 0 saturated heterocycles. The van der Waals surface area contributed by atoms with E-state index in [1.807, 2.05) is 18.2 Å². The number of carbonyl (C=O) groups is 1. The number of rotatable bonds is 6. The van der Waals surface area contributed by atoms with Gasteiger partial charge >= 0.3 is 0 Å². The van der Waals surface area contributed by atoms with Gasteiger partial charge in [0, 0.05) is 6.54 Å². The van der Waals surface area contributed by atoms with Crippen molar-refractivity contribution in [1.29, 1.82) is 0 Å². The molecule has 0 bridgehead atoms. The molecule has 0 aliphatic rings. The number of ether oxygens (including phenoxy) is 1. The van der Waals surface area contributed by atoms with Gasteiger partial charge in [-0.15, -0.1) is 11.6 Å². The first-order valence-corrected chi connectivity index (χ1v) is 5.44. The Morgan fingerprint density at radius 1 is 1.44 bits per heavy atom. The monoisotopic (exact) mass is 243 g/mol. The molecule has 1 atom stereocenters. The Morgan fingerprint density at radius 2 is 2.12 bits per heavy atom. The molecule has 2 N–H and O–H groups in total. The van der Waals surface area contributed by atoms with Crippen molar-refractivity contribution in [3.63, 3.8) is 0 Å². The third kappa shape index (κ3) is 5.00. The standard InChI is InChI=1S/C11H14ClNO3/c12-6-11(15)13-7-9(14)8-16-10-4-2-1-3-5-10/h1-5,9,14H,6-8H2,(H,13,15). The molecule has 0 aliphatic heterocycles. The van der Waals surface area contributed by atoms with Crippen LogP contribution in [0, 0.1) is 0 Å². The van der Waals surface area contributed by atoms with E-state index in [1.54, 1.807) is 12.1 Å². The van der Waals surface area contributed by atoms with Crippen molar-refractivity contribution in [2.45, 2.75) is 6.10 Å². The number of hydrogen-bond acceptors (Lipinski definition) is 3. The summed E-state index contributed by atoms with van der Waals surface area (Å²) in [5.41, 5.74) is 0. The van der Waals surface area contributed by atoms with Crippen molar-refractivity contribution in [2.24, 2.45) is 0 Å². The number of amides is 1. The van der Waals surface area contributed by atoms with Crippen LogP contribution >= 0.6 is 11.6 Å². The van der Waals surface area contributed by atoms with E-state index in [4.69, 9.17) is 16.3 Å². The van der Waals surface area contributed by atoms with E-state index >= 15 is 0 Å². The van der Waals surface area contributed by atoms with Gasteiger partial charge < -0.3 is 15.2 Å². The minimum atomic E-state index is -0.743. The lowest BCUT2D eigenvalue weighted by atomic mass is 10.3. The van der Waals surface area contributed by atoms with Gasteiger partial charge in [-0.1, -0.05) is 18.2 Å². The van der Waals surface area contributed by atoms with Crippen LogP contribution in [-0.4, -0.2) is 36.1 Å². The van der Waals surface area contributed by atoms with Gasteiger partial charge in [0.15, 0.2) is 0 Å². The van der Waals surface area contributed by atoms with Crippen LogP contribution in [0.2, 0.25) is 0 Å². The number of nitrogens with one attached hydrogen (secondary N) is 1. The fourth-order valence-electron chi connectivity index (χ4n) is 1.05. The maximum absolute atomic E-state index is 10.8. The lowest BCUT2D eigenvalue weighted by molar-refractivity contribution is -0.119. The van der Waals surface area contributed by atoms with Gasteiger partial charge in [0.2, 0.25) is 5.91 Å². The molecule has 0 aromatic heterocycles. The molecular weight excluding hydrogens is 230 g/mol. The Labute approximate surface area is 99.2 Å². The third-order valence-electron chi connectivity index (χ3n) is 1.84. The quantitative estimate of drug-likeness (QED) is 0.726. The fraction of sp³-hybridized carbons (Fsp3) is 0.364. The van der Waals surface area contributed by atoms with E-state index in [-0.39, 0.29) is 24.9 Å². The number of benzene rings is 1. The second-order valence-electron chi connectivity index (χ2n) is 3.22. The van der Waals surface area contributed by atoms with Gasteiger partial charge in [-0.05, 0) is 12.1 Å². The maximum atomic E-state index is 10.8. The molecule has 1 amide bonds. The summed E-state index contributed by atoms with van der Waals surface area (Å²) in [6.45, 7) is 0.269. The number of hydrogen-bond donors (Lipinski definition) is 2. The van der Waals surface area contributed by atoms with Crippen LogP contribution in [0.5, 0.6) is 5.75 Å². The predicted molar refractivity (Wildman–Crippen MR) is 61.7 cm³/mol. The summed E-state index contributed by atoms with van der Waals surface area (Å²) in [4.78, 5) is 10.8. The Bertz CT molecular complexity index is 318. The molecule has 16 heavy (non-hydrogen) atoms. The molecule has 0 radical (unpaired) electrons. The minimum Gasteiger partial charge on any atom is -0.491 e. The van der Waals surface area contributed by atoms with Crippen LogP contribution in [0.15, 0.2) is 30.3 Å². The molecule has 1 unspecified atom stereocenters. The van der Waals surface area contributed by atoms with Crippen LogP contribution in [-0.2, 0) is 4.79 Å². The molecule has 1 rings (SSSR count). The third-order valence-corrected chi connectivity index (χ3v) is 2.08. The summed E-state index contributed by atoms with van der Waals surface area (Å²) in [6.07, 6.45) is -0.743. The first-order valence-electron chi connectivity index (χ1n) is 4.91. The molecule has 88 valence electrons. The summed E-state index contributed by atoms with van der Waals surface area (Å²) >= 11 is 5.28. The molecule has 1 aromatic rings. The number of aliphatic hydroxyl groups is 1. The molecule has 4 nitrogen and oxygen atoms in total. The van der Waals surface area contributed by atoms with Crippen molar-refractivity contribution in [3.05, 3.63) is 30.3 Å². The second-order valence-corrected chi connectivity index (χ2v) is 3.48. The molecule has 0 saturated carbocycles. The zero-order chi connectivity index (χ0) is 11.8. The van der Waals surface area contributed by atoms with Crippen molar-refractivity contribution in [1.82, 2.24) is 5.32 Å². The van der Waals surface area contributed by atoms with Gasteiger partial charge in [-0.3, -0.25) is 4.79 Å². The summed E-state index contributed by atoms with van der Waals surface area (Å²) in [7, 11) is 0. The maximum Gasteiger partial charge on any atom is 0.235 e. The minimum absolute atomic E-state index is 0.105. The molecule has 0 heterocycles. The van der Waals surface area contributed by atoms with Gasteiger partial charge in [0.25, 0.3) is 0 Å². The highest BCUT2D eigenvalue weighted by Gasteiger charge is 2.06. The Hall–Kier alpha value is -1.26.